The van der Waals surface area contributed by atoms with Crippen molar-refractivity contribution in [2.24, 2.45) is 0 Å². The van der Waals surface area contributed by atoms with Crippen LogP contribution in [0.2, 0.25) is 0 Å². The van der Waals surface area contributed by atoms with Gasteiger partial charge < -0.3 is 14.8 Å². The topological polar surface area (TPSA) is 93.7 Å². The standard InChI is InChI=1S/C20H26N2O5S2/c1-15(16-4-8-18(28-3)9-5-16)22-20(23)14-27-17-6-10-19(11-7-17)29(24,25)21-12-13-26-2/h4-11,15,21H,12-14H2,1-3H3,(H,22,23). The summed E-state index contributed by atoms with van der Waals surface area (Å²) in [5, 5.41) is 2.88. The summed E-state index contributed by atoms with van der Waals surface area (Å²) in [5.41, 5.74) is 1.01. The second-order valence-electron chi connectivity index (χ2n) is 6.21. The van der Waals surface area contributed by atoms with Crippen molar-refractivity contribution in [3.63, 3.8) is 0 Å². The Morgan fingerprint density at radius 2 is 1.76 bits per heavy atom. The minimum atomic E-state index is -3.60. The largest absolute Gasteiger partial charge is 0.484 e. The highest BCUT2D eigenvalue weighted by molar-refractivity contribution is 7.98. The van der Waals surface area contributed by atoms with Gasteiger partial charge in [0.15, 0.2) is 6.61 Å². The lowest BCUT2D eigenvalue weighted by Gasteiger charge is -2.15. The van der Waals surface area contributed by atoms with Gasteiger partial charge in [0, 0.05) is 18.6 Å². The Morgan fingerprint density at radius 3 is 2.34 bits per heavy atom. The van der Waals surface area contributed by atoms with Crippen molar-refractivity contribution in [2.75, 3.05) is 33.1 Å². The van der Waals surface area contributed by atoms with E-state index in [1.165, 1.54) is 31.4 Å². The monoisotopic (exact) mass is 438 g/mol. The van der Waals surface area contributed by atoms with Gasteiger partial charge in [0.1, 0.15) is 5.75 Å². The molecule has 1 unspecified atom stereocenters. The predicted octanol–water partition coefficient (Wildman–Crippen LogP) is 2.59. The average molecular weight is 439 g/mol. The highest BCUT2D eigenvalue weighted by Crippen LogP contribution is 2.19. The highest BCUT2D eigenvalue weighted by atomic mass is 32.2. The zero-order valence-corrected chi connectivity index (χ0v) is 18.3. The molecule has 1 atom stereocenters. The average Bonchev–Trinajstić information content (AvgIpc) is 2.72. The van der Waals surface area contributed by atoms with Crippen molar-refractivity contribution < 1.29 is 22.7 Å². The van der Waals surface area contributed by atoms with Crippen LogP contribution in [0.25, 0.3) is 0 Å². The third kappa shape index (κ3) is 7.36. The zero-order valence-electron chi connectivity index (χ0n) is 16.7. The van der Waals surface area contributed by atoms with Crippen LogP contribution < -0.4 is 14.8 Å². The Bertz CT molecular complexity index is 884. The van der Waals surface area contributed by atoms with E-state index in [0.717, 1.165) is 10.5 Å². The Morgan fingerprint density at radius 1 is 1.10 bits per heavy atom. The van der Waals surface area contributed by atoms with Crippen molar-refractivity contribution in [1.29, 1.82) is 0 Å². The third-order valence-electron chi connectivity index (χ3n) is 4.10. The summed E-state index contributed by atoms with van der Waals surface area (Å²) in [6.45, 7) is 2.22. The number of sulfonamides is 1. The number of hydrogen-bond donors (Lipinski definition) is 2. The summed E-state index contributed by atoms with van der Waals surface area (Å²) in [6, 6.07) is 13.7. The summed E-state index contributed by atoms with van der Waals surface area (Å²) < 4.78 is 36.9. The lowest BCUT2D eigenvalue weighted by atomic mass is 10.1. The third-order valence-corrected chi connectivity index (χ3v) is 6.32. The SMILES string of the molecule is COCCNS(=O)(=O)c1ccc(OCC(=O)NC(C)c2ccc(SC)cc2)cc1. The maximum atomic E-state index is 12.1. The van der Waals surface area contributed by atoms with E-state index in [4.69, 9.17) is 9.47 Å². The first kappa shape index (κ1) is 23.2. The smallest absolute Gasteiger partial charge is 0.258 e. The van der Waals surface area contributed by atoms with Crippen LogP contribution in [0, 0.1) is 0 Å². The number of ether oxygens (including phenoxy) is 2. The van der Waals surface area contributed by atoms with Gasteiger partial charge in [-0.2, -0.15) is 0 Å². The first-order valence-corrected chi connectivity index (χ1v) is 11.7. The van der Waals surface area contributed by atoms with E-state index >= 15 is 0 Å². The molecule has 0 radical (unpaired) electrons. The Labute approximate surface area is 176 Å². The van der Waals surface area contributed by atoms with Gasteiger partial charge in [-0.15, -0.1) is 11.8 Å². The van der Waals surface area contributed by atoms with Gasteiger partial charge in [-0.25, -0.2) is 13.1 Å². The van der Waals surface area contributed by atoms with Gasteiger partial charge in [0.2, 0.25) is 10.0 Å². The lowest BCUT2D eigenvalue weighted by molar-refractivity contribution is -0.123. The maximum absolute atomic E-state index is 12.1. The molecule has 0 aliphatic heterocycles. The molecule has 29 heavy (non-hydrogen) atoms. The molecule has 0 spiro atoms. The molecule has 0 aromatic heterocycles. The number of thioether (sulfide) groups is 1. The number of carbonyl (C=O) groups is 1. The number of benzene rings is 2. The van der Waals surface area contributed by atoms with Crippen LogP contribution in [0.15, 0.2) is 58.3 Å². The van der Waals surface area contributed by atoms with Gasteiger partial charge in [0.05, 0.1) is 17.5 Å². The number of amides is 1. The minimum Gasteiger partial charge on any atom is -0.484 e. The maximum Gasteiger partial charge on any atom is 0.258 e. The number of rotatable bonds is 11. The molecule has 0 saturated heterocycles. The minimum absolute atomic E-state index is 0.118. The van der Waals surface area contributed by atoms with E-state index in [-0.39, 0.29) is 36.6 Å². The fourth-order valence-electron chi connectivity index (χ4n) is 2.48. The van der Waals surface area contributed by atoms with Crippen molar-refractivity contribution in [2.45, 2.75) is 22.8 Å². The summed E-state index contributed by atoms with van der Waals surface area (Å²) >= 11 is 1.66. The normalized spacial score (nSPS) is 12.4. The molecule has 2 rings (SSSR count). The first-order valence-electron chi connectivity index (χ1n) is 9.00. The molecule has 2 N–H and O–H groups in total. The quantitative estimate of drug-likeness (QED) is 0.414. The summed E-state index contributed by atoms with van der Waals surface area (Å²) in [6.07, 6.45) is 2.01. The number of methoxy groups -OCH3 is 1. The Kier molecular flexibility index (Phi) is 8.97. The molecule has 0 fully saturated rings. The van der Waals surface area contributed by atoms with E-state index < -0.39 is 10.0 Å². The molecule has 9 heteroatoms. The van der Waals surface area contributed by atoms with Gasteiger partial charge in [-0.3, -0.25) is 4.79 Å². The van der Waals surface area contributed by atoms with Gasteiger partial charge >= 0.3 is 0 Å². The molecule has 0 heterocycles. The molecule has 0 saturated carbocycles. The molecular weight excluding hydrogens is 412 g/mol. The molecule has 0 aliphatic carbocycles. The van der Waals surface area contributed by atoms with Crippen LogP contribution in [-0.2, 0) is 19.6 Å². The van der Waals surface area contributed by atoms with Crippen molar-refractivity contribution in [3.05, 3.63) is 54.1 Å². The lowest BCUT2D eigenvalue weighted by Crippen LogP contribution is -2.31. The van der Waals surface area contributed by atoms with Gasteiger partial charge in [-0.1, -0.05) is 12.1 Å². The van der Waals surface area contributed by atoms with E-state index in [1.54, 1.807) is 11.8 Å². The molecule has 1 amide bonds. The van der Waals surface area contributed by atoms with E-state index in [0.29, 0.717) is 5.75 Å². The summed E-state index contributed by atoms with van der Waals surface area (Å²) in [7, 11) is -2.10. The van der Waals surface area contributed by atoms with Crippen LogP contribution in [-0.4, -0.2) is 47.4 Å². The van der Waals surface area contributed by atoms with E-state index in [9.17, 15) is 13.2 Å². The molecule has 2 aromatic rings. The van der Waals surface area contributed by atoms with Gasteiger partial charge in [0.25, 0.3) is 5.91 Å². The number of carbonyl (C=O) groups excluding carboxylic acids is 1. The number of hydrogen-bond acceptors (Lipinski definition) is 6. The van der Waals surface area contributed by atoms with Crippen LogP contribution >= 0.6 is 11.8 Å². The van der Waals surface area contributed by atoms with Crippen LogP contribution in [0.4, 0.5) is 0 Å². The predicted molar refractivity (Wildman–Crippen MR) is 114 cm³/mol. The fourth-order valence-corrected chi connectivity index (χ4v) is 3.91. The first-order chi connectivity index (χ1) is 13.9. The summed E-state index contributed by atoms with van der Waals surface area (Å²) in [4.78, 5) is 13.4. The van der Waals surface area contributed by atoms with Crippen molar-refractivity contribution in [3.8, 4) is 5.75 Å². The highest BCUT2D eigenvalue weighted by Gasteiger charge is 2.14. The van der Waals surface area contributed by atoms with E-state index in [1.807, 2.05) is 37.4 Å². The molecule has 7 nitrogen and oxygen atoms in total. The van der Waals surface area contributed by atoms with Crippen molar-refractivity contribution in [1.82, 2.24) is 10.0 Å². The zero-order chi connectivity index (χ0) is 21.3. The molecular formula is C20H26N2O5S2. The van der Waals surface area contributed by atoms with Gasteiger partial charge in [-0.05, 0) is 55.1 Å². The van der Waals surface area contributed by atoms with Crippen LogP contribution in [0.5, 0.6) is 5.75 Å². The Balaban J connectivity index is 1.85. The second-order valence-corrected chi connectivity index (χ2v) is 8.86. The van der Waals surface area contributed by atoms with E-state index in [2.05, 4.69) is 10.0 Å². The molecule has 158 valence electrons. The number of nitrogens with one attached hydrogen (secondary N) is 2. The summed E-state index contributed by atoms with van der Waals surface area (Å²) in [5.74, 6) is 0.150. The second kappa shape index (κ2) is 11.2. The van der Waals surface area contributed by atoms with Crippen molar-refractivity contribution >= 4 is 27.7 Å². The van der Waals surface area contributed by atoms with Crippen LogP contribution in [0.1, 0.15) is 18.5 Å². The molecule has 2 aromatic carbocycles. The fraction of sp³-hybridized carbons (Fsp3) is 0.350. The molecule has 0 bridgehead atoms. The Hall–Kier alpha value is -2.07. The molecule has 0 aliphatic rings. The van der Waals surface area contributed by atoms with Crippen LogP contribution in [0.3, 0.4) is 0 Å².